The molecule has 2 aromatic carbocycles. The van der Waals surface area contributed by atoms with Crippen molar-refractivity contribution in [3.8, 4) is 0 Å². The van der Waals surface area contributed by atoms with Gasteiger partial charge in [0.15, 0.2) is 0 Å². The average molecular weight is 334 g/mol. The highest BCUT2D eigenvalue weighted by atomic mass is 16.4. The van der Waals surface area contributed by atoms with Gasteiger partial charge in [0.2, 0.25) is 0 Å². The molecule has 25 heavy (non-hydrogen) atoms. The second-order valence-corrected chi connectivity index (χ2v) is 6.49. The van der Waals surface area contributed by atoms with Gasteiger partial charge in [0.1, 0.15) is 0 Å². The molecule has 0 fully saturated rings. The van der Waals surface area contributed by atoms with E-state index in [1.165, 1.54) is 0 Å². The fraction of sp³-hybridized carbons (Fsp3) is 0.200. The van der Waals surface area contributed by atoms with Crippen LogP contribution in [-0.4, -0.2) is 21.6 Å². The minimum absolute atomic E-state index is 0.0922. The van der Waals surface area contributed by atoms with Gasteiger partial charge in [0.25, 0.3) is 5.91 Å². The van der Waals surface area contributed by atoms with Gasteiger partial charge in [0, 0.05) is 22.3 Å². The first kappa shape index (κ1) is 15.4. The van der Waals surface area contributed by atoms with Crippen molar-refractivity contribution < 1.29 is 14.7 Å². The molecule has 1 heterocycles. The maximum atomic E-state index is 13.1. The number of fused-ring (bicyclic) bond motifs is 3. The summed E-state index contributed by atoms with van der Waals surface area (Å²) in [6, 6.07) is 14.6. The highest BCUT2D eigenvalue weighted by Gasteiger charge is 2.31. The second kappa shape index (κ2) is 5.77. The molecule has 5 nitrogen and oxygen atoms in total. The number of carbonyl (C=O) groups excluding carboxylic acids is 1. The van der Waals surface area contributed by atoms with Crippen LogP contribution in [0.5, 0.6) is 0 Å². The number of anilines is 1. The molecule has 1 aliphatic carbocycles. The third-order valence-corrected chi connectivity index (χ3v) is 4.96. The maximum Gasteiger partial charge on any atom is 0.306 e. The Balaban J connectivity index is 1.94. The molecule has 0 amide bonds. The summed E-state index contributed by atoms with van der Waals surface area (Å²) in [6.07, 6.45) is 1.54. The van der Waals surface area contributed by atoms with Crippen molar-refractivity contribution in [3.63, 3.8) is 0 Å². The van der Waals surface area contributed by atoms with Gasteiger partial charge >= 0.3 is 5.97 Å². The van der Waals surface area contributed by atoms with Crippen LogP contribution in [0.3, 0.4) is 0 Å². The molecule has 1 aromatic heterocycles. The smallest absolute Gasteiger partial charge is 0.306 e. The largest absolute Gasteiger partial charge is 0.481 e. The van der Waals surface area contributed by atoms with Crippen molar-refractivity contribution in [2.45, 2.75) is 19.3 Å². The van der Waals surface area contributed by atoms with Crippen LogP contribution in [0.1, 0.15) is 28.0 Å². The fourth-order valence-electron chi connectivity index (χ4n) is 3.73. The van der Waals surface area contributed by atoms with Crippen LogP contribution in [0.2, 0.25) is 0 Å². The van der Waals surface area contributed by atoms with Crippen molar-refractivity contribution in [1.82, 2.24) is 4.57 Å². The zero-order chi connectivity index (χ0) is 17.6. The van der Waals surface area contributed by atoms with E-state index in [1.54, 1.807) is 22.8 Å². The second-order valence-electron chi connectivity index (χ2n) is 6.49. The summed E-state index contributed by atoms with van der Waals surface area (Å²) in [6.45, 7) is 0. The lowest BCUT2D eigenvalue weighted by Gasteiger charge is -2.20. The van der Waals surface area contributed by atoms with Gasteiger partial charge < -0.3 is 10.8 Å². The number of carbonyl (C=O) groups is 2. The normalized spacial score (nSPS) is 16.6. The lowest BCUT2D eigenvalue weighted by atomic mass is 9.86. The number of carboxylic acids is 1. The van der Waals surface area contributed by atoms with Crippen LogP contribution in [0.15, 0.2) is 48.5 Å². The van der Waals surface area contributed by atoms with Gasteiger partial charge in [-0.15, -0.1) is 0 Å². The summed E-state index contributed by atoms with van der Waals surface area (Å²) < 4.78 is 1.73. The first-order valence-electron chi connectivity index (χ1n) is 8.30. The van der Waals surface area contributed by atoms with E-state index in [0.29, 0.717) is 30.5 Å². The monoisotopic (exact) mass is 334 g/mol. The molecule has 0 saturated heterocycles. The number of rotatable bonds is 2. The summed E-state index contributed by atoms with van der Waals surface area (Å²) in [5.74, 6) is -1.30. The molecule has 1 unspecified atom stereocenters. The van der Waals surface area contributed by atoms with Crippen molar-refractivity contribution in [2.24, 2.45) is 5.92 Å². The van der Waals surface area contributed by atoms with Gasteiger partial charge in [-0.3, -0.25) is 14.2 Å². The van der Waals surface area contributed by atoms with Crippen LogP contribution in [-0.2, 0) is 17.6 Å². The van der Waals surface area contributed by atoms with E-state index < -0.39 is 11.9 Å². The predicted octanol–water partition coefficient (Wildman–Crippen LogP) is 3.10. The number of hydrogen-bond donors (Lipinski definition) is 2. The number of hydrogen-bond acceptors (Lipinski definition) is 3. The Bertz CT molecular complexity index is 989. The van der Waals surface area contributed by atoms with Gasteiger partial charge in [-0.2, -0.15) is 0 Å². The van der Waals surface area contributed by atoms with E-state index in [2.05, 4.69) is 0 Å². The van der Waals surface area contributed by atoms with Gasteiger partial charge in [-0.1, -0.05) is 18.2 Å². The van der Waals surface area contributed by atoms with Crippen molar-refractivity contribution >= 4 is 28.5 Å². The number of carboxylic acid groups (broad SMARTS) is 1. The summed E-state index contributed by atoms with van der Waals surface area (Å²) in [4.78, 5) is 24.5. The molecule has 0 aliphatic heterocycles. The van der Waals surface area contributed by atoms with E-state index in [0.717, 1.165) is 22.2 Å². The molecule has 0 saturated carbocycles. The zero-order valence-corrected chi connectivity index (χ0v) is 13.6. The molecule has 0 bridgehead atoms. The van der Waals surface area contributed by atoms with E-state index in [4.69, 9.17) is 5.73 Å². The van der Waals surface area contributed by atoms with E-state index in [-0.39, 0.29) is 5.91 Å². The van der Waals surface area contributed by atoms with Crippen molar-refractivity contribution in [1.29, 1.82) is 0 Å². The number of nitrogen functional groups attached to an aromatic ring is 1. The van der Waals surface area contributed by atoms with Crippen molar-refractivity contribution in [3.05, 3.63) is 65.4 Å². The molecule has 0 spiro atoms. The average Bonchev–Trinajstić information content (AvgIpc) is 2.94. The number of nitrogens with zero attached hydrogens (tertiary/aromatic N) is 1. The van der Waals surface area contributed by atoms with Crippen LogP contribution >= 0.6 is 0 Å². The SMILES string of the molecule is Nc1ccc2c(c1)c1c(n2C(=O)c2ccccc2)CCC(C(=O)O)C1. The molecule has 5 heteroatoms. The standard InChI is InChI=1S/C20H18N2O3/c21-14-7-9-18-16(11-14)15-10-13(20(24)25)6-8-17(15)22(18)19(23)12-4-2-1-3-5-12/h1-5,7,9,11,13H,6,8,10,21H2,(H,24,25). The quantitative estimate of drug-likeness (QED) is 0.705. The fourth-order valence-corrected chi connectivity index (χ4v) is 3.73. The molecule has 0 radical (unpaired) electrons. The van der Waals surface area contributed by atoms with Crippen LogP contribution in [0, 0.1) is 5.92 Å². The Morgan fingerprint density at radius 1 is 1.12 bits per heavy atom. The minimum Gasteiger partial charge on any atom is -0.481 e. The molecule has 3 N–H and O–H groups in total. The van der Waals surface area contributed by atoms with E-state index in [1.807, 2.05) is 30.3 Å². The molecule has 1 aliphatic rings. The summed E-state index contributed by atoms with van der Waals surface area (Å²) >= 11 is 0. The Morgan fingerprint density at radius 2 is 1.88 bits per heavy atom. The Hall–Kier alpha value is -3.08. The third-order valence-electron chi connectivity index (χ3n) is 4.96. The number of nitrogens with two attached hydrogens (primary N) is 1. The lowest BCUT2D eigenvalue weighted by Crippen LogP contribution is -2.24. The Labute approximate surface area is 144 Å². The van der Waals surface area contributed by atoms with Crippen LogP contribution in [0.4, 0.5) is 5.69 Å². The first-order valence-corrected chi connectivity index (χ1v) is 8.30. The summed E-state index contributed by atoms with van der Waals surface area (Å²) in [5, 5.41) is 10.3. The Morgan fingerprint density at radius 3 is 2.60 bits per heavy atom. The number of aromatic nitrogens is 1. The van der Waals surface area contributed by atoms with Crippen molar-refractivity contribution in [2.75, 3.05) is 5.73 Å². The molecule has 3 aromatic rings. The lowest BCUT2D eigenvalue weighted by molar-refractivity contribution is -0.142. The first-order chi connectivity index (χ1) is 12.1. The van der Waals surface area contributed by atoms with Gasteiger partial charge in [0.05, 0.1) is 11.4 Å². The molecule has 126 valence electrons. The highest BCUT2D eigenvalue weighted by Crippen LogP contribution is 2.36. The summed E-state index contributed by atoms with van der Waals surface area (Å²) in [5.41, 5.74) is 9.79. The molecular formula is C20H18N2O3. The number of aliphatic carboxylic acids is 1. The highest BCUT2D eigenvalue weighted by molar-refractivity contribution is 6.04. The maximum absolute atomic E-state index is 13.1. The third kappa shape index (κ3) is 2.48. The van der Waals surface area contributed by atoms with Gasteiger partial charge in [-0.25, -0.2) is 0 Å². The molecular weight excluding hydrogens is 316 g/mol. The molecule has 4 rings (SSSR count). The minimum atomic E-state index is -0.787. The molecule has 1 atom stereocenters. The Kier molecular flexibility index (Phi) is 3.57. The van der Waals surface area contributed by atoms with Crippen LogP contribution < -0.4 is 5.73 Å². The summed E-state index contributed by atoms with van der Waals surface area (Å²) in [7, 11) is 0. The van der Waals surface area contributed by atoms with Gasteiger partial charge in [-0.05, 0) is 55.2 Å². The number of benzene rings is 2. The predicted molar refractivity (Wildman–Crippen MR) is 95.7 cm³/mol. The van der Waals surface area contributed by atoms with E-state index >= 15 is 0 Å². The zero-order valence-electron chi connectivity index (χ0n) is 13.6. The topological polar surface area (TPSA) is 85.3 Å². The van der Waals surface area contributed by atoms with Crippen LogP contribution in [0.25, 0.3) is 10.9 Å². The van der Waals surface area contributed by atoms with E-state index in [9.17, 15) is 14.7 Å².